The number of hydrogen-bond acceptors (Lipinski definition) is 3. The van der Waals surface area contributed by atoms with Gasteiger partial charge in [-0.05, 0) is 12.1 Å². The Hall–Kier alpha value is -1.29. The summed E-state index contributed by atoms with van der Waals surface area (Å²) in [6.07, 6.45) is 0. The van der Waals surface area contributed by atoms with Crippen LogP contribution in [-0.4, -0.2) is 15.0 Å². The number of aryl methyl sites for hydroxylation is 1. The van der Waals surface area contributed by atoms with E-state index in [0.29, 0.717) is 16.2 Å². The van der Waals surface area contributed by atoms with Gasteiger partial charge in [-0.2, -0.15) is 0 Å². The van der Waals surface area contributed by atoms with Crippen molar-refractivity contribution in [2.24, 2.45) is 7.05 Å². The Morgan fingerprint density at radius 2 is 2.25 bits per heavy atom. The van der Waals surface area contributed by atoms with Crippen LogP contribution in [0.1, 0.15) is 0 Å². The monoisotopic (exact) mass is 182 g/mol. The first kappa shape index (κ1) is 7.36. The Bertz CT molecular complexity index is 434. The lowest BCUT2D eigenvalue weighted by atomic mass is 10.3. The van der Waals surface area contributed by atoms with Crippen LogP contribution in [0.4, 0.5) is 5.69 Å². The van der Waals surface area contributed by atoms with Gasteiger partial charge < -0.3 is 5.73 Å². The van der Waals surface area contributed by atoms with Crippen LogP contribution in [-0.2, 0) is 7.05 Å². The minimum absolute atomic E-state index is 0.488. The molecule has 62 valence electrons. The highest BCUT2D eigenvalue weighted by Crippen LogP contribution is 2.25. The molecule has 0 bridgehead atoms. The molecule has 5 heteroatoms. The van der Waals surface area contributed by atoms with Gasteiger partial charge in [-0.25, -0.2) is 4.68 Å². The second-order valence-corrected chi connectivity index (χ2v) is 2.95. The fourth-order valence-electron chi connectivity index (χ4n) is 1.10. The fourth-order valence-corrected chi connectivity index (χ4v) is 1.25. The lowest BCUT2D eigenvalue weighted by Crippen LogP contribution is -1.90. The van der Waals surface area contributed by atoms with Crippen LogP contribution in [0.5, 0.6) is 0 Å². The number of fused-ring (bicyclic) bond motifs is 1. The third-order valence-corrected chi connectivity index (χ3v) is 2.10. The van der Waals surface area contributed by atoms with E-state index in [1.807, 2.05) is 13.1 Å². The van der Waals surface area contributed by atoms with Crippen molar-refractivity contribution in [2.45, 2.75) is 0 Å². The largest absolute Gasteiger partial charge is 0.396 e. The summed E-state index contributed by atoms with van der Waals surface area (Å²) in [6.45, 7) is 0. The van der Waals surface area contributed by atoms with Crippen LogP contribution < -0.4 is 5.73 Å². The van der Waals surface area contributed by atoms with Gasteiger partial charge in [-0.15, -0.1) is 5.10 Å². The van der Waals surface area contributed by atoms with E-state index in [1.54, 1.807) is 10.7 Å². The van der Waals surface area contributed by atoms with Gasteiger partial charge in [0.15, 0.2) is 0 Å². The first-order chi connectivity index (χ1) is 5.70. The predicted octanol–water partition coefficient (Wildman–Crippen LogP) is 1.20. The van der Waals surface area contributed by atoms with Crippen LogP contribution in [0, 0.1) is 0 Å². The zero-order valence-corrected chi connectivity index (χ0v) is 7.21. The minimum Gasteiger partial charge on any atom is -0.396 e. The Morgan fingerprint density at radius 1 is 1.50 bits per heavy atom. The predicted molar refractivity (Wildman–Crippen MR) is 47.9 cm³/mol. The minimum atomic E-state index is 0.488. The first-order valence-electron chi connectivity index (χ1n) is 3.43. The Balaban J connectivity index is 2.93. The molecule has 12 heavy (non-hydrogen) atoms. The molecule has 0 atom stereocenters. The van der Waals surface area contributed by atoms with Crippen molar-refractivity contribution in [2.75, 3.05) is 5.73 Å². The fraction of sp³-hybridized carbons (Fsp3) is 0.143. The molecule has 2 aromatic rings. The van der Waals surface area contributed by atoms with E-state index < -0.39 is 0 Å². The third-order valence-electron chi connectivity index (χ3n) is 1.77. The van der Waals surface area contributed by atoms with E-state index in [-0.39, 0.29) is 0 Å². The second-order valence-electron chi connectivity index (χ2n) is 2.54. The topological polar surface area (TPSA) is 56.7 Å². The number of benzene rings is 1. The Labute approximate surface area is 73.9 Å². The molecule has 1 aromatic heterocycles. The third kappa shape index (κ3) is 0.848. The summed E-state index contributed by atoms with van der Waals surface area (Å²) in [5.41, 5.74) is 7.72. The molecule has 0 amide bonds. The molecule has 2 N–H and O–H groups in total. The second kappa shape index (κ2) is 2.35. The number of hydrogen-bond donors (Lipinski definition) is 1. The van der Waals surface area contributed by atoms with Gasteiger partial charge in [0.2, 0.25) is 0 Å². The van der Waals surface area contributed by atoms with Gasteiger partial charge in [0, 0.05) is 7.05 Å². The number of nitrogens with two attached hydrogens (primary N) is 1. The van der Waals surface area contributed by atoms with Crippen molar-refractivity contribution >= 4 is 28.3 Å². The zero-order chi connectivity index (χ0) is 8.72. The molecule has 0 radical (unpaired) electrons. The average molecular weight is 183 g/mol. The van der Waals surface area contributed by atoms with Crippen LogP contribution in [0.15, 0.2) is 12.1 Å². The van der Waals surface area contributed by atoms with E-state index in [0.717, 1.165) is 5.52 Å². The van der Waals surface area contributed by atoms with Gasteiger partial charge in [-0.3, -0.25) is 0 Å². The summed E-state index contributed by atoms with van der Waals surface area (Å²) >= 11 is 5.79. The van der Waals surface area contributed by atoms with Crippen molar-refractivity contribution in [3.05, 3.63) is 17.2 Å². The van der Waals surface area contributed by atoms with Crippen LogP contribution in [0.3, 0.4) is 0 Å². The highest BCUT2D eigenvalue weighted by Gasteiger charge is 2.06. The molecule has 0 unspecified atom stereocenters. The van der Waals surface area contributed by atoms with E-state index in [4.69, 9.17) is 17.3 Å². The molecule has 4 nitrogen and oxygen atoms in total. The maximum absolute atomic E-state index is 5.79. The van der Waals surface area contributed by atoms with Crippen molar-refractivity contribution in [3.8, 4) is 0 Å². The van der Waals surface area contributed by atoms with Gasteiger partial charge in [0.25, 0.3) is 0 Å². The van der Waals surface area contributed by atoms with Crippen LogP contribution in [0.25, 0.3) is 11.0 Å². The maximum Gasteiger partial charge on any atom is 0.137 e. The molecule has 2 rings (SSSR count). The zero-order valence-electron chi connectivity index (χ0n) is 6.45. The van der Waals surface area contributed by atoms with Gasteiger partial charge in [0.05, 0.1) is 16.2 Å². The van der Waals surface area contributed by atoms with Crippen molar-refractivity contribution < 1.29 is 0 Å². The van der Waals surface area contributed by atoms with E-state index in [9.17, 15) is 0 Å². The molecule has 0 aliphatic carbocycles. The Kier molecular flexibility index (Phi) is 1.44. The number of nitrogen functional groups attached to an aromatic ring is 1. The summed E-state index contributed by atoms with van der Waals surface area (Å²) in [5, 5.41) is 8.22. The SMILES string of the molecule is Cn1nnc2c(N)c(Cl)ccc21. The molecule has 1 heterocycles. The van der Waals surface area contributed by atoms with Crippen molar-refractivity contribution in [1.82, 2.24) is 15.0 Å². The van der Waals surface area contributed by atoms with Gasteiger partial charge >= 0.3 is 0 Å². The van der Waals surface area contributed by atoms with Crippen LogP contribution in [0.2, 0.25) is 5.02 Å². The molecular weight excluding hydrogens is 176 g/mol. The lowest BCUT2D eigenvalue weighted by molar-refractivity contribution is 0.736. The molecule has 0 spiro atoms. The van der Waals surface area contributed by atoms with E-state index in [2.05, 4.69) is 10.3 Å². The lowest BCUT2D eigenvalue weighted by Gasteiger charge is -1.97. The van der Waals surface area contributed by atoms with Crippen molar-refractivity contribution in [1.29, 1.82) is 0 Å². The molecule has 0 aliphatic heterocycles. The van der Waals surface area contributed by atoms with Crippen molar-refractivity contribution in [3.63, 3.8) is 0 Å². The standard InChI is InChI=1S/C7H7ClN4/c1-12-5-3-2-4(8)6(9)7(5)10-11-12/h2-3H,9H2,1H3. The van der Waals surface area contributed by atoms with Gasteiger partial charge in [-0.1, -0.05) is 16.8 Å². The number of aromatic nitrogens is 3. The summed E-state index contributed by atoms with van der Waals surface area (Å²) in [4.78, 5) is 0. The number of anilines is 1. The first-order valence-corrected chi connectivity index (χ1v) is 3.81. The molecule has 0 fully saturated rings. The molecule has 0 saturated carbocycles. The quantitative estimate of drug-likeness (QED) is 0.623. The van der Waals surface area contributed by atoms with E-state index in [1.165, 1.54) is 0 Å². The number of rotatable bonds is 0. The highest BCUT2D eigenvalue weighted by molar-refractivity contribution is 6.34. The Morgan fingerprint density at radius 3 is 3.00 bits per heavy atom. The van der Waals surface area contributed by atoms with E-state index >= 15 is 0 Å². The number of halogens is 1. The average Bonchev–Trinajstić information content (AvgIpc) is 2.41. The summed E-state index contributed by atoms with van der Waals surface area (Å²) in [5.74, 6) is 0. The molecule has 1 aromatic carbocycles. The number of nitrogens with zero attached hydrogens (tertiary/aromatic N) is 3. The molecular formula is C7H7ClN4. The van der Waals surface area contributed by atoms with Crippen LogP contribution >= 0.6 is 11.6 Å². The summed E-state index contributed by atoms with van der Waals surface area (Å²) in [6, 6.07) is 3.58. The molecule has 0 saturated heterocycles. The maximum atomic E-state index is 5.79. The van der Waals surface area contributed by atoms with Gasteiger partial charge in [0.1, 0.15) is 5.52 Å². The normalized spacial score (nSPS) is 10.8. The molecule has 0 aliphatic rings. The summed E-state index contributed by atoms with van der Waals surface area (Å²) in [7, 11) is 1.81. The smallest absolute Gasteiger partial charge is 0.137 e. The highest BCUT2D eigenvalue weighted by atomic mass is 35.5. The summed E-state index contributed by atoms with van der Waals surface area (Å²) < 4.78 is 1.65.